The van der Waals surface area contributed by atoms with Gasteiger partial charge in [0.15, 0.2) is 11.6 Å². The van der Waals surface area contributed by atoms with Crippen LogP contribution in [0.15, 0.2) is 58.9 Å². The van der Waals surface area contributed by atoms with Crippen LogP contribution >= 0.6 is 0 Å². The molecule has 0 spiro atoms. The van der Waals surface area contributed by atoms with Crippen LogP contribution in [0.4, 0.5) is 17.6 Å². The molecule has 2 aromatic carbocycles. The van der Waals surface area contributed by atoms with E-state index < -0.39 is 88.9 Å². The topological polar surface area (TPSA) is 111 Å². The van der Waals surface area contributed by atoms with E-state index in [0.717, 1.165) is 12.0 Å². The zero-order valence-electron chi connectivity index (χ0n) is 22.8. The van der Waals surface area contributed by atoms with Crippen LogP contribution < -0.4 is 5.32 Å². The molecule has 0 bridgehead atoms. The van der Waals surface area contributed by atoms with Gasteiger partial charge in [0, 0.05) is 5.56 Å². The molecule has 42 heavy (non-hydrogen) atoms. The molecule has 13 heteroatoms. The Morgan fingerprint density at radius 3 is 2.10 bits per heavy atom. The third-order valence-corrected chi connectivity index (χ3v) is 6.58. The Morgan fingerprint density at radius 1 is 0.929 bits per heavy atom. The van der Waals surface area contributed by atoms with Crippen molar-refractivity contribution in [3.63, 3.8) is 0 Å². The summed E-state index contributed by atoms with van der Waals surface area (Å²) in [5, 5.41) is 2.56. The molecule has 0 aliphatic carbocycles. The molecular weight excluding hydrogens is 564 g/mol. The Bertz CT molecular complexity index is 1480. The van der Waals surface area contributed by atoms with E-state index in [0.29, 0.717) is 12.1 Å². The largest absolute Gasteiger partial charge is 0.466 e. The van der Waals surface area contributed by atoms with E-state index in [-0.39, 0.29) is 30.0 Å². The molecule has 2 amide bonds. The van der Waals surface area contributed by atoms with Crippen molar-refractivity contribution in [2.24, 2.45) is 0 Å². The Labute approximate surface area is 237 Å². The fraction of sp³-hybridized carbons (Fsp3) is 0.310. The summed E-state index contributed by atoms with van der Waals surface area (Å²) in [5.41, 5.74) is -2.55. The van der Waals surface area contributed by atoms with E-state index in [1.807, 2.05) is 0 Å². The fourth-order valence-corrected chi connectivity index (χ4v) is 4.77. The number of allylic oxidation sites excluding steroid dienone is 1. The molecule has 1 unspecified atom stereocenters. The molecule has 0 saturated carbocycles. The molecule has 1 N–H and O–H groups in total. The third-order valence-electron chi connectivity index (χ3n) is 6.58. The van der Waals surface area contributed by atoms with E-state index in [4.69, 9.17) is 14.2 Å². The number of hydrogen-bond donors (Lipinski definition) is 1. The van der Waals surface area contributed by atoms with Gasteiger partial charge in [0.25, 0.3) is 11.8 Å². The van der Waals surface area contributed by atoms with E-state index in [1.165, 1.54) is 26.0 Å². The molecule has 2 heterocycles. The summed E-state index contributed by atoms with van der Waals surface area (Å²) in [6.45, 7) is 0.629. The monoisotopic (exact) mass is 590 g/mol. The lowest BCUT2D eigenvalue weighted by Gasteiger charge is -2.32. The zero-order valence-corrected chi connectivity index (χ0v) is 22.8. The van der Waals surface area contributed by atoms with E-state index in [1.54, 1.807) is 12.1 Å². The highest BCUT2D eigenvalue weighted by molar-refractivity contribution is 6.21. The van der Waals surface area contributed by atoms with Crippen LogP contribution in [-0.2, 0) is 23.8 Å². The number of carbonyl (C=O) groups is 4. The van der Waals surface area contributed by atoms with Gasteiger partial charge in [-0.05, 0) is 38.1 Å². The molecule has 0 saturated heterocycles. The Morgan fingerprint density at radius 2 is 1.52 bits per heavy atom. The van der Waals surface area contributed by atoms with Gasteiger partial charge in [-0.1, -0.05) is 12.1 Å². The predicted octanol–water partition coefficient (Wildman–Crippen LogP) is 3.71. The summed E-state index contributed by atoms with van der Waals surface area (Å²) in [5.74, 6) is -9.93. The van der Waals surface area contributed by atoms with Crippen LogP contribution in [0.3, 0.4) is 0 Å². The Balaban J connectivity index is 1.71. The van der Waals surface area contributed by atoms with Crippen LogP contribution in [0.5, 0.6) is 0 Å². The maximum Gasteiger partial charge on any atom is 0.337 e. The summed E-state index contributed by atoms with van der Waals surface area (Å²) in [4.78, 5) is 52.3. The van der Waals surface area contributed by atoms with Gasteiger partial charge in [0.2, 0.25) is 0 Å². The number of amides is 2. The van der Waals surface area contributed by atoms with Crippen molar-refractivity contribution in [1.29, 1.82) is 0 Å². The number of nitrogens with zero attached hydrogens (tertiary/aromatic N) is 1. The SMILES string of the molecule is COC(=O)C1=C(CF)NC(COCCN2C(=O)c3ccccc3C2=O)=C(C(=O)OC(C)C)C1c1c(F)ccc(F)c1F. The quantitative estimate of drug-likeness (QED) is 0.147. The van der Waals surface area contributed by atoms with Gasteiger partial charge in [-0.25, -0.2) is 27.2 Å². The molecule has 222 valence electrons. The number of imide groups is 1. The number of alkyl halides is 1. The number of carbonyl (C=O) groups excluding carboxylic acids is 4. The van der Waals surface area contributed by atoms with Crippen LogP contribution in [0, 0.1) is 17.5 Å². The van der Waals surface area contributed by atoms with E-state index in [9.17, 15) is 28.0 Å². The number of halogens is 4. The number of esters is 2. The number of methoxy groups -OCH3 is 1. The molecule has 2 aromatic rings. The fourth-order valence-electron chi connectivity index (χ4n) is 4.77. The van der Waals surface area contributed by atoms with Gasteiger partial charge in [-0.3, -0.25) is 14.5 Å². The van der Waals surface area contributed by atoms with Crippen LogP contribution in [-0.4, -0.2) is 68.3 Å². The van der Waals surface area contributed by atoms with Crippen molar-refractivity contribution in [2.45, 2.75) is 25.9 Å². The first-order chi connectivity index (χ1) is 20.0. The van der Waals surface area contributed by atoms with E-state index >= 15 is 8.78 Å². The van der Waals surface area contributed by atoms with Crippen molar-refractivity contribution in [3.05, 3.63) is 93.1 Å². The summed E-state index contributed by atoms with van der Waals surface area (Å²) in [6.07, 6.45) is -0.739. The average Bonchev–Trinajstić information content (AvgIpc) is 3.20. The van der Waals surface area contributed by atoms with Crippen LogP contribution in [0.2, 0.25) is 0 Å². The lowest BCUT2D eigenvalue weighted by Crippen LogP contribution is -2.38. The average molecular weight is 591 g/mol. The number of ether oxygens (including phenoxy) is 3. The number of rotatable bonds is 10. The number of nitrogens with one attached hydrogen (secondary N) is 1. The second kappa shape index (κ2) is 12.6. The van der Waals surface area contributed by atoms with Gasteiger partial charge in [-0.15, -0.1) is 0 Å². The molecule has 2 aliphatic rings. The maximum atomic E-state index is 15.1. The van der Waals surface area contributed by atoms with Gasteiger partial charge in [-0.2, -0.15) is 0 Å². The minimum absolute atomic E-state index is 0.193. The number of hydrogen-bond acceptors (Lipinski definition) is 8. The number of dihydropyridines is 1. The molecule has 0 aromatic heterocycles. The molecule has 9 nitrogen and oxygen atoms in total. The summed E-state index contributed by atoms with van der Waals surface area (Å²) in [7, 11) is 0.939. The first-order valence-electron chi connectivity index (χ1n) is 12.8. The summed E-state index contributed by atoms with van der Waals surface area (Å²) >= 11 is 0. The summed E-state index contributed by atoms with van der Waals surface area (Å²) in [6, 6.07) is 7.36. The molecule has 0 radical (unpaired) electrons. The lowest BCUT2D eigenvalue weighted by molar-refractivity contribution is -0.143. The highest BCUT2D eigenvalue weighted by Gasteiger charge is 2.43. The zero-order chi connectivity index (χ0) is 30.7. The normalized spacial score (nSPS) is 16.7. The number of benzene rings is 2. The van der Waals surface area contributed by atoms with Crippen LogP contribution in [0.25, 0.3) is 0 Å². The standard InChI is InChI=1S/C29H26F4N2O7/c1-14(2)42-29(39)23-20(13-41-11-10-35-26(36)15-6-4-5-7-16(15)27(35)37)34-19(12-30)22(28(38)40-3)24(23)21-17(31)8-9-18(32)25(21)33/h4-9,14,24,34H,10-13H2,1-3H3. The lowest BCUT2D eigenvalue weighted by atomic mass is 9.79. The molecular formula is C29H26F4N2O7. The van der Waals surface area contributed by atoms with Gasteiger partial charge < -0.3 is 19.5 Å². The minimum Gasteiger partial charge on any atom is -0.466 e. The van der Waals surface area contributed by atoms with Crippen molar-refractivity contribution in [3.8, 4) is 0 Å². The second-order valence-corrected chi connectivity index (χ2v) is 9.54. The molecule has 4 rings (SSSR count). The van der Waals surface area contributed by atoms with Gasteiger partial charge in [0.05, 0.1) is 72.6 Å². The maximum absolute atomic E-state index is 15.1. The summed E-state index contributed by atoms with van der Waals surface area (Å²) < 4.78 is 74.4. The minimum atomic E-state index is -1.98. The molecule has 2 aliphatic heterocycles. The number of fused-ring (bicyclic) bond motifs is 1. The first-order valence-corrected chi connectivity index (χ1v) is 12.8. The van der Waals surface area contributed by atoms with Gasteiger partial charge in [0.1, 0.15) is 12.5 Å². The van der Waals surface area contributed by atoms with Crippen molar-refractivity contribution in [2.75, 3.05) is 33.5 Å². The van der Waals surface area contributed by atoms with Crippen molar-refractivity contribution in [1.82, 2.24) is 10.2 Å². The van der Waals surface area contributed by atoms with E-state index in [2.05, 4.69) is 5.32 Å². The van der Waals surface area contributed by atoms with Crippen molar-refractivity contribution >= 4 is 23.8 Å². The Kier molecular flexibility index (Phi) is 9.10. The van der Waals surface area contributed by atoms with Crippen molar-refractivity contribution < 1.29 is 51.0 Å². The predicted molar refractivity (Wildman–Crippen MR) is 138 cm³/mol. The molecule has 0 fully saturated rings. The Hall–Kier alpha value is -4.52. The first kappa shape index (κ1) is 30.4. The van der Waals surface area contributed by atoms with Crippen LogP contribution in [0.1, 0.15) is 46.0 Å². The third kappa shape index (κ3) is 5.64. The molecule has 1 atom stereocenters. The van der Waals surface area contributed by atoms with Gasteiger partial charge >= 0.3 is 11.9 Å². The highest BCUT2D eigenvalue weighted by atomic mass is 19.2. The smallest absolute Gasteiger partial charge is 0.337 e. The highest BCUT2D eigenvalue weighted by Crippen LogP contribution is 2.42. The second-order valence-electron chi connectivity index (χ2n) is 9.54.